The smallest absolute Gasteiger partial charge is 0.126 e. The summed E-state index contributed by atoms with van der Waals surface area (Å²) in [6.07, 6.45) is 13.1. The molecular formula is C24H34ClN5. The molecule has 0 saturated heterocycles. The van der Waals surface area contributed by atoms with E-state index in [1.807, 2.05) is 24.3 Å². The lowest BCUT2D eigenvalue weighted by atomic mass is 9.86. The van der Waals surface area contributed by atoms with Gasteiger partial charge in [0.15, 0.2) is 0 Å². The molecular weight excluding hydrogens is 394 g/mol. The molecule has 2 heterocycles. The van der Waals surface area contributed by atoms with E-state index in [1.165, 1.54) is 44.9 Å². The van der Waals surface area contributed by atoms with Crippen LogP contribution in [0.25, 0.3) is 11.3 Å². The quantitative estimate of drug-likeness (QED) is 0.526. The summed E-state index contributed by atoms with van der Waals surface area (Å²) < 4.78 is 0. The first-order valence-electron chi connectivity index (χ1n) is 11.5. The average molecular weight is 428 g/mol. The molecule has 0 bridgehead atoms. The largest absolute Gasteiger partial charge is 0.370 e. The van der Waals surface area contributed by atoms with Crippen LogP contribution in [0.3, 0.4) is 0 Å². The van der Waals surface area contributed by atoms with Gasteiger partial charge in [-0.05, 0) is 75.1 Å². The van der Waals surface area contributed by atoms with Gasteiger partial charge < -0.3 is 16.4 Å². The molecule has 4 rings (SSSR count). The van der Waals surface area contributed by atoms with E-state index < -0.39 is 0 Å². The van der Waals surface area contributed by atoms with Crippen molar-refractivity contribution in [3.63, 3.8) is 0 Å². The average Bonchev–Trinajstić information content (AvgIpc) is 2.80. The number of nitrogens with zero attached hydrogens (tertiary/aromatic N) is 2. The second kappa shape index (κ2) is 10.5. The van der Waals surface area contributed by atoms with E-state index >= 15 is 0 Å². The van der Waals surface area contributed by atoms with Crippen molar-refractivity contribution in [2.45, 2.75) is 63.8 Å². The number of hydrogen-bond donors (Lipinski definition) is 3. The number of nitrogens with one attached hydrogen (secondary N) is 2. The maximum Gasteiger partial charge on any atom is 0.126 e. The first kappa shape index (κ1) is 21.4. The lowest BCUT2D eigenvalue weighted by Gasteiger charge is -2.28. The van der Waals surface area contributed by atoms with E-state index in [0.29, 0.717) is 17.0 Å². The van der Waals surface area contributed by atoms with Crippen molar-refractivity contribution in [3.8, 4) is 11.3 Å². The van der Waals surface area contributed by atoms with Crippen molar-refractivity contribution in [3.05, 3.63) is 35.5 Å². The fourth-order valence-corrected chi connectivity index (χ4v) is 4.99. The van der Waals surface area contributed by atoms with Gasteiger partial charge in [0.2, 0.25) is 0 Å². The molecule has 0 amide bonds. The van der Waals surface area contributed by atoms with Crippen molar-refractivity contribution in [1.29, 1.82) is 0 Å². The fraction of sp³-hybridized carbons (Fsp3) is 0.583. The van der Waals surface area contributed by atoms with E-state index in [-0.39, 0.29) is 0 Å². The zero-order chi connectivity index (χ0) is 20.8. The molecule has 0 aromatic carbocycles. The molecule has 0 aliphatic heterocycles. The molecule has 2 aromatic heterocycles. The van der Waals surface area contributed by atoms with Crippen LogP contribution >= 0.6 is 11.6 Å². The van der Waals surface area contributed by atoms with E-state index in [4.69, 9.17) is 22.3 Å². The molecule has 5 nitrogen and oxygen atoms in total. The van der Waals surface area contributed by atoms with Crippen molar-refractivity contribution >= 4 is 23.2 Å². The third kappa shape index (κ3) is 5.64. The number of halogens is 1. The van der Waals surface area contributed by atoms with Crippen molar-refractivity contribution in [1.82, 2.24) is 9.97 Å². The Bertz CT molecular complexity index is 813. The van der Waals surface area contributed by atoms with Crippen LogP contribution in [-0.2, 0) is 0 Å². The Morgan fingerprint density at radius 1 is 0.967 bits per heavy atom. The summed E-state index contributed by atoms with van der Waals surface area (Å²) in [5, 5.41) is 7.76. The highest BCUT2D eigenvalue weighted by Gasteiger charge is 2.21. The Kier molecular flexibility index (Phi) is 7.45. The normalized spacial score (nSPS) is 22.6. The molecule has 4 N–H and O–H groups in total. The van der Waals surface area contributed by atoms with Crippen LogP contribution in [0.1, 0.15) is 57.8 Å². The Balaban J connectivity index is 1.42. The molecule has 30 heavy (non-hydrogen) atoms. The fourth-order valence-electron chi connectivity index (χ4n) is 4.79. The van der Waals surface area contributed by atoms with Gasteiger partial charge in [0.05, 0.1) is 10.7 Å². The molecule has 162 valence electrons. The van der Waals surface area contributed by atoms with Gasteiger partial charge in [0.1, 0.15) is 11.6 Å². The second-order valence-electron chi connectivity index (χ2n) is 8.94. The summed E-state index contributed by atoms with van der Waals surface area (Å²) in [5.41, 5.74) is 7.62. The van der Waals surface area contributed by atoms with Crippen molar-refractivity contribution in [2.75, 3.05) is 23.7 Å². The zero-order valence-electron chi connectivity index (χ0n) is 17.7. The van der Waals surface area contributed by atoms with Gasteiger partial charge in [0, 0.05) is 24.3 Å². The monoisotopic (exact) mass is 427 g/mol. The standard InChI is InChI=1S/C24H34ClN5/c25-21-16-28-24(29-19-11-9-17(14-26)10-12-19)13-20(21)22-7-4-8-23(30-22)27-15-18-5-2-1-3-6-18/h4,7-8,13,16-19H,1-3,5-6,9-12,14-15,26H2,(H,27,30)(H,28,29)/t17-,19-. The van der Waals surface area contributed by atoms with Crippen LogP contribution in [0.4, 0.5) is 11.6 Å². The lowest BCUT2D eigenvalue weighted by molar-refractivity contribution is 0.344. The molecule has 2 fully saturated rings. The predicted octanol–water partition coefficient (Wildman–Crippen LogP) is 5.72. The minimum Gasteiger partial charge on any atom is -0.370 e. The number of rotatable bonds is 7. The van der Waals surface area contributed by atoms with Gasteiger partial charge in [-0.15, -0.1) is 0 Å². The highest BCUT2D eigenvalue weighted by molar-refractivity contribution is 6.33. The molecule has 2 aromatic rings. The molecule has 2 aliphatic rings. The molecule has 0 unspecified atom stereocenters. The summed E-state index contributed by atoms with van der Waals surface area (Å²) in [6, 6.07) is 8.58. The molecule has 0 radical (unpaired) electrons. The lowest BCUT2D eigenvalue weighted by Crippen LogP contribution is -2.29. The maximum absolute atomic E-state index is 6.50. The topological polar surface area (TPSA) is 75.9 Å². The Hall–Kier alpha value is -1.85. The van der Waals surface area contributed by atoms with Crippen molar-refractivity contribution < 1.29 is 0 Å². The number of pyridine rings is 2. The molecule has 2 saturated carbocycles. The first-order valence-corrected chi connectivity index (χ1v) is 11.9. The third-order valence-electron chi connectivity index (χ3n) is 6.71. The molecule has 0 atom stereocenters. The molecule has 2 aliphatic carbocycles. The summed E-state index contributed by atoms with van der Waals surface area (Å²) >= 11 is 6.50. The highest BCUT2D eigenvalue weighted by Crippen LogP contribution is 2.31. The van der Waals surface area contributed by atoms with Crippen LogP contribution in [0.5, 0.6) is 0 Å². The predicted molar refractivity (Wildman–Crippen MR) is 126 cm³/mol. The van der Waals surface area contributed by atoms with Gasteiger partial charge >= 0.3 is 0 Å². The second-order valence-corrected chi connectivity index (χ2v) is 9.35. The van der Waals surface area contributed by atoms with Crippen LogP contribution in [0, 0.1) is 11.8 Å². The van der Waals surface area contributed by atoms with Crippen LogP contribution in [0.2, 0.25) is 5.02 Å². The summed E-state index contributed by atoms with van der Waals surface area (Å²) in [5.74, 6) is 3.22. The van der Waals surface area contributed by atoms with Gasteiger partial charge in [-0.2, -0.15) is 0 Å². The van der Waals surface area contributed by atoms with Crippen LogP contribution < -0.4 is 16.4 Å². The number of hydrogen-bond acceptors (Lipinski definition) is 5. The summed E-state index contributed by atoms with van der Waals surface area (Å²) in [4.78, 5) is 9.34. The zero-order valence-corrected chi connectivity index (χ0v) is 18.5. The molecule has 0 spiro atoms. The summed E-state index contributed by atoms with van der Waals surface area (Å²) in [7, 11) is 0. The van der Waals surface area contributed by atoms with E-state index in [1.54, 1.807) is 6.20 Å². The minimum absolute atomic E-state index is 0.450. The number of nitrogens with two attached hydrogens (primary N) is 1. The maximum atomic E-state index is 6.50. The Morgan fingerprint density at radius 2 is 1.77 bits per heavy atom. The Labute approximate surface area is 185 Å². The third-order valence-corrected chi connectivity index (χ3v) is 7.01. The summed E-state index contributed by atoms with van der Waals surface area (Å²) in [6.45, 7) is 1.80. The van der Waals surface area contributed by atoms with E-state index in [0.717, 1.165) is 54.7 Å². The van der Waals surface area contributed by atoms with Gasteiger partial charge in [0.25, 0.3) is 0 Å². The first-order chi connectivity index (χ1) is 14.7. The minimum atomic E-state index is 0.450. The molecule has 6 heteroatoms. The van der Waals surface area contributed by atoms with Crippen LogP contribution in [-0.4, -0.2) is 29.1 Å². The van der Waals surface area contributed by atoms with Gasteiger partial charge in [-0.25, -0.2) is 9.97 Å². The van der Waals surface area contributed by atoms with Crippen LogP contribution in [0.15, 0.2) is 30.5 Å². The van der Waals surface area contributed by atoms with E-state index in [2.05, 4.69) is 15.6 Å². The van der Waals surface area contributed by atoms with Crippen molar-refractivity contribution in [2.24, 2.45) is 17.6 Å². The van der Waals surface area contributed by atoms with Gasteiger partial charge in [-0.1, -0.05) is 36.9 Å². The highest BCUT2D eigenvalue weighted by atomic mass is 35.5. The van der Waals surface area contributed by atoms with Gasteiger partial charge in [-0.3, -0.25) is 0 Å². The Morgan fingerprint density at radius 3 is 2.53 bits per heavy atom. The number of aromatic nitrogens is 2. The number of anilines is 2. The SMILES string of the molecule is NC[C@H]1CC[C@H](Nc2cc(-c3cccc(NCC4CCCCC4)n3)c(Cl)cn2)CC1. The van der Waals surface area contributed by atoms with E-state index in [9.17, 15) is 0 Å².